The highest BCUT2D eigenvalue weighted by atomic mass is 32.2. The second-order valence-corrected chi connectivity index (χ2v) is 7.31. The van der Waals surface area contributed by atoms with Crippen LogP contribution in [-0.4, -0.2) is 32.3 Å². The van der Waals surface area contributed by atoms with Crippen molar-refractivity contribution in [2.45, 2.75) is 50.2 Å². The first kappa shape index (κ1) is 18.4. The Kier molecular flexibility index (Phi) is 5.92. The first-order chi connectivity index (χ1) is 12.6. The molecule has 1 aliphatic carbocycles. The van der Waals surface area contributed by atoms with Crippen LogP contribution in [-0.2, 0) is 22.6 Å². The summed E-state index contributed by atoms with van der Waals surface area (Å²) in [6.07, 6.45) is 3.39. The smallest absolute Gasteiger partial charge is 0.234 e. The van der Waals surface area contributed by atoms with E-state index < -0.39 is 0 Å². The molecule has 0 aliphatic heterocycles. The summed E-state index contributed by atoms with van der Waals surface area (Å²) in [5.74, 6) is 1.08. The molecule has 0 spiro atoms. The molecule has 7 nitrogen and oxygen atoms in total. The molecule has 1 heterocycles. The van der Waals surface area contributed by atoms with Gasteiger partial charge in [-0.1, -0.05) is 30.8 Å². The van der Waals surface area contributed by atoms with Crippen LogP contribution in [0.4, 0.5) is 5.69 Å². The van der Waals surface area contributed by atoms with Crippen LogP contribution in [0, 0.1) is 0 Å². The van der Waals surface area contributed by atoms with Crippen molar-refractivity contribution in [3.05, 3.63) is 35.7 Å². The summed E-state index contributed by atoms with van der Waals surface area (Å²) in [4.78, 5) is 23.3. The van der Waals surface area contributed by atoms with Crippen LogP contribution in [0.15, 0.2) is 29.4 Å². The number of carbonyl (C=O) groups is 2. The quantitative estimate of drug-likeness (QED) is 0.657. The molecule has 0 bridgehead atoms. The van der Waals surface area contributed by atoms with Crippen LogP contribution in [0.1, 0.15) is 43.5 Å². The number of nitrogens with zero attached hydrogens (tertiary/aromatic N) is 3. The highest BCUT2D eigenvalue weighted by Gasteiger charge is 2.30. The zero-order chi connectivity index (χ0) is 18.5. The van der Waals surface area contributed by atoms with E-state index in [1.54, 1.807) is 0 Å². The second-order valence-electron chi connectivity index (χ2n) is 6.37. The minimum atomic E-state index is -0.357. The molecule has 1 saturated carbocycles. The van der Waals surface area contributed by atoms with Crippen molar-refractivity contribution in [1.82, 2.24) is 14.8 Å². The highest BCUT2D eigenvalue weighted by molar-refractivity contribution is 7.99. The van der Waals surface area contributed by atoms with Gasteiger partial charge in [0.25, 0.3) is 0 Å². The van der Waals surface area contributed by atoms with Gasteiger partial charge in [-0.25, -0.2) is 0 Å². The zero-order valence-corrected chi connectivity index (χ0v) is 15.6. The van der Waals surface area contributed by atoms with Gasteiger partial charge in [0.2, 0.25) is 11.8 Å². The topological polar surface area (TPSA) is 103 Å². The molecule has 0 unspecified atom stereocenters. The molecule has 0 atom stereocenters. The van der Waals surface area contributed by atoms with E-state index in [0.717, 1.165) is 30.8 Å². The zero-order valence-electron chi connectivity index (χ0n) is 14.8. The summed E-state index contributed by atoms with van der Waals surface area (Å²) in [6.45, 7) is 2.55. The molecule has 1 aromatic carbocycles. The summed E-state index contributed by atoms with van der Waals surface area (Å²) in [6, 6.07) is 7.82. The number of hydrogen-bond donors (Lipinski definition) is 2. The van der Waals surface area contributed by atoms with Crippen molar-refractivity contribution in [2.24, 2.45) is 5.73 Å². The molecule has 2 amide bonds. The van der Waals surface area contributed by atoms with Gasteiger partial charge < -0.3 is 15.6 Å². The predicted molar refractivity (Wildman–Crippen MR) is 101 cm³/mol. The number of amides is 2. The van der Waals surface area contributed by atoms with Crippen LogP contribution < -0.4 is 11.1 Å². The maximum atomic E-state index is 12.2. The van der Waals surface area contributed by atoms with Crippen LogP contribution in [0.5, 0.6) is 0 Å². The Balaban J connectivity index is 1.59. The molecule has 0 radical (unpaired) electrons. The number of aromatic nitrogens is 3. The van der Waals surface area contributed by atoms with E-state index in [1.807, 2.05) is 28.8 Å². The monoisotopic (exact) mass is 373 g/mol. The molecule has 1 aliphatic rings. The van der Waals surface area contributed by atoms with Crippen LogP contribution in [0.25, 0.3) is 0 Å². The molecule has 1 fully saturated rings. The number of thioether (sulfide) groups is 1. The number of rotatable bonds is 9. The number of aryl methyl sites for hydroxylation is 1. The maximum Gasteiger partial charge on any atom is 0.234 e. The Morgan fingerprint density at radius 2 is 2.00 bits per heavy atom. The Labute approximate surface area is 156 Å². The summed E-state index contributed by atoms with van der Waals surface area (Å²) in [5, 5.41) is 12.0. The van der Waals surface area contributed by atoms with E-state index in [9.17, 15) is 9.59 Å². The van der Waals surface area contributed by atoms with E-state index in [0.29, 0.717) is 17.6 Å². The Morgan fingerprint density at radius 1 is 1.27 bits per heavy atom. The van der Waals surface area contributed by atoms with Gasteiger partial charge in [-0.3, -0.25) is 9.59 Å². The fraction of sp³-hybridized carbons (Fsp3) is 0.444. The van der Waals surface area contributed by atoms with Crippen LogP contribution in [0.2, 0.25) is 0 Å². The molecular formula is C18H23N5O2S. The second kappa shape index (κ2) is 8.35. The number of primary amides is 1. The minimum absolute atomic E-state index is 0.100. The summed E-state index contributed by atoms with van der Waals surface area (Å²) in [7, 11) is 0. The first-order valence-corrected chi connectivity index (χ1v) is 9.78. The van der Waals surface area contributed by atoms with Gasteiger partial charge in [0.05, 0.1) is 5.75 Å². The van der Waals surface area contributed by atoms with Crippen molar-refractivity contribution in [2.75, 3.05) is 11.1 Å². The Bertz CT molecular complexity index is 783. The standard InChI is InChI=1S/C18H23N5O2S/c1-2-12-3-7-14(8-4-12)20-16(25)11-26-18-22-21-17(13-5-6-13)23(18)10-9-15(19)24/h3-4,7-8,13H,2,5-6,9-11H2,1H3,(H2,19,24)(H,20,25). The predicted octanol–water partition coefficient (Wildman–Crippen LogP) is 2.32. The summed E-state index contributed by atoms with van der Waals surface area (Å²) < 4.78 is 1.93. The third kappa shape index (κ3) is 4.85. The van der Waals surface area contributed by atoms with Crippen LogP contribution >= 0.6 is 11.8 Å². The summed E-state index contributed by atoms with van der Waals surface area (Å²) >= 11 is 1.32. The fourth-order valence-corrected chi connectivity index (χ4v) is 3.41. The average molecular weight is 373 g/mol. The first-order valence-electron chi connectivity index (χ1n) is 8.79. The fourth-order valence-electron chi connectivity index (χ4n) is 2.63. The number of nitrogens with two attached hydrogens (primary N) is 1. The highest BCUT2D eigenvalue weighted by Crippen LogP contribution is 2.40. The van der Waals surface area contributed by atoms with Crippen molar-refractivity contribution >= 4 is 29.3 Å². The van der Waals surface area contributed by atoms with E-state index in [4.69, 9.17) is 5.73 Å². The molecular weight excluding hydrogens is 350 g/mol. The molecule has 3 rings (SSSR count). The number of anilines is 1. The molecule has 0 saturated heterocycles. The SMILES string of the molecule is CCc1ccc(NC(=O)CSc2nnc(C3CC3)n2CCC(N)=O)cc1. The van der Waals surface area contributed by atoms with Gasteiger partial charge in [0.1, 0.15) is 5.82 Å². The van der Waals surface area contributed by atoms with Crippen molar-refractivity contribution < 1.29 is 9.59 Å². The maximum absolute atomic E-state index is 12.2. The molecule has 8 heteroatoms. The van der Waals surface area contributed by atoms with E-state index in [1.165, 1.54) is 17.3 Å². The number of hydrogen-bond acceptors (Lipinski definition) is 5. The lowest BCUT2D eigenvalue weighted by molar-refractivity contribution is -0.118. The van der Waals surface area contributed by atoms with Gasteiger partial charge >= 0.3 is 0 Å². The van der Waals surface area contributed by atoms with Crippen molar-refractivity contribution in [3.63, 3.8) is 0 Å². The number of carbonyl (C=O) groups excluding carboxylic acids is 2. The third-order valence-electron chi connectivity index (χ3n) is 4.25. The summed E-state index contributed by atoms with van der Waals surface area (Å²) in [5.41, 5.74) is 7.27. The van der Waals surface area contributed by atoms with Gasteiger partial charge in [0.15, 0.2) is 5.16 Å². The van der Waals surface area contributed by atoms with Crippen molar-refractivity contribution in [1.29, 1.82) is 0 Å². The van der Waals surface area contributed by atoms with Gasteiger partial charge in [-0.2, -0.15) is 0 Å². The normalized spacial score (nSPS) is 13.6. The molecule has 3 N–H and O–H groups in total. The van der Waals surface area contributed by atoms with E-state index in [2.05, 4.69) is 22.4 Å². The lowest BCUT2D eigenvalue weighted by atomic mass is 10.1. The lowest BCUT2D eigenvalue weighted by Gasteiger charge is -2.09. The van der Waals surface area contributed by atoms with Crippen LogP contribution in [0.3, 0.4) is 0 Å². The molecule has 2 aromatic rings. The van der Waals surface area contributed by atoms with E-state index >= 15 is 0 Å². The average Bonchev–Trinajstić information content (AvgIpc) is 3.39. The van der Waals surface area contributed by atoms with Gasteiger partial charge in [0, 0.05) is 24.6 Å². The Hall–Kier alpha value is -2.35. The molecule has 26 heavy (non-hydrogen) atoms. The third-order valence-corrected chi connectivity index (χ3v) is 5.21. The molecule has 138 valence electrons. The largest absolute Gasteiger partial charge is 0.370 e. The number of nitrogens with one attached hydrogen (secondary N) is 1. The van der Waals surface area contributed by atoms with Gasteiger partial charge in [-0.05, 0) is 37.0 Å². The Morgan fingerprint density at radius 3 is 2.62 bits per heavy atom. The van der Waals surface area contributed by atoms with E-state index in [-0.39, 0.29) is 24.0 Å². The lowest BCUT2D eigenvalue weighted by Crippen LogP contribution is -2.17. The van der Waals surface area contributed by atoms with Crippen molar-refractivity contribution in [3.8, 4) is 0 Å². The van der Waals surface area contributed by atoms with Gasteiger partial charge in [-0.15, -0.1) is 10.2 Å². The number of benzene rings is 1. The minimum Gasteiger partial charge on any atom is -0.370 e. The molecule has 1 aromatic heterocycles.